The van der Waals surface area contributed by atoms with Crippen LogP contribution in [0.2, 0.25) is 0 Å². The molecule has 0 bridgehead atoms. The van der Waals surface area contributed by atoms with Gasteiger partial charge in [0, 0.05) is 38.3 Å². The van der Waals surface area contributed by atoms with Crippen molar-refractivity contribution in [1.29, 1.82) is 0 Å². The summed E-state index contributed by atoms with van der Waals surface area (Å²) < 4.78 is 0. The quantitative estimate of drug-likeness (QED) is 0.555. The molecule has 1 saturated carbocycles. The Morgan fingerprint density at radius 1 is 0.759 bits per heavy atom. The van der Waals surface area contributed by atoms with Gasteiger partial charge in [-0.2, -0.15) is 9.97 Å². The van der Waals surface area contributed by atoms with Gasteiger partial charge in [0.15, 0.2) is 5.11 Å². The largest absolute Gasteiger partial charge is 0.360 e. The van der Waals surface area contributed by atoms with Crippen LogP contribution in [0.5, 0.6) is 0 Å². The van der Waals surface area contributed by atoms with Crippen LogP contribution in [0.3, 0.4) is 0 Å². The van der Waals surface area contributed by atoms with Crippen molar-refractivity contribution in [2.45, 2.75) is 83.1 Å². The summed E-state index contributed by atoms with van der Waals surface area (Å²) in [6.07, 6.45) is 15.3. The average Bonchev–Trinajstić information content (AvgIpc) is 3.03. The normalized spacial score (nSPS) is 21.5. The third-order valence-corrected chi connectivity index (χ3v) is 6.69. The number of hydrogen-bond donors (Lipinski definition) is 2. The minimum atomic E-state index is 0.476. The fourth-order valence-electron chi connectivity index (χ4n) is 4.79. The molecule has 0 spiro atoms. The maximum Gasteiger partial charge on any atom is 0.232 e. The third kappa shape index (κ3) is 5.93. The molecule has 0 unspecified atom stereocenters. The molecule has 2 N–H and O–H groups in total. The van der Waals surface area contributed by atoms with Gasteiger partial charge in [-0.1, -0.05) is 25.7 Å². The number of nitrogens with zero attached hydrogens (tertiary/aromatic N) is 4. The van der Waals surface area contributed by atoms with Gasteiger partial charge in [0.25, 0.3) is 0 Å². The van der Waals surface area contributed by atoms with Gasteiger partial charge in [-0.3, -0.25) is 0 Å². The maximum absolute atomic E-state index is 5.63. The molecular formula is C22H36N6S. The van der Waals surface area contributed by atoms with Crippen LogP contribution in [0.15, 0.2) is 6.07 Å². The van der Waals surface area contributed by atoms with Gasteiger partial charge in [0.2, 0.25) is 5.95 Å². The highest BCUT2D eigenvalue weighted by atomic mass is 32.1. The second-order valence-corrected chi connectivity index (χ2v) is 9.20. The Bertz CT molecular complexity index is 625. The van der Waals surface area contributed by atoms with Crippen LogP contribution in [0.4, 0.5) is 17.6 Å². The fraction of sp³-hybridized carbons (Fsp3) is 0.773. The van der Waals surface area contributed by atoms with Crippen molar-refractivity contribution in [2.24, 2.45) is 0 Å². The fourth-order valence-corrected chi connectivity index (χ4v) is 5.05. The lowest BCUT2D eigenvalue weighted by Crippen LogP contribution is -2.38. The summed E-state index contributed by atoms with van der Waals surface area (Å²) in [7, 11) is 0. The van der Waals surface area contributed by atoms with E-state index in [1.54, 1.807) is 0 Å². The minimum Gasteiger partial charge on any atom is -0.360 e. The molecule has 0 aromatic carbocycles. The number of anilines is 3. The molecule has 6 nitrogen and oxygen atoms in total. The Morgan fingerprint density at radius 3 is 1.76 bits per heavy atom. The third-order valence-electron chi connectivity index (χ3n) is 6.47. The van der Waals surface area contributed by atoms with E-state index in [2.05, 4.69) is 26.5 Å². The number of rotatable bonds is 4. The van der Waals surface area contributed by atoms with Crippen molar-refractivity contribution >= 4 is 34.9 Å². The smallest absolute Gasteiger partial charge is 0.232 e. The summed E-state index contributed by atoms with van der Waals surface area (Å²) in [4.78, 5) is 14.5. The second kappa shape index (κ2) is 10.4. The Hall–Kier alpha value is -1.63. The highest BCUT2D eigenvalue weighted by Crippen LogP contribution is 2.26. The molecule has 4 rings (SSSR count). The Labute approximate surface area is 180 Å². The van der Waals surface area contributed by atoms with Gasteiger partial charge < -0.3 is 20.4 Å². The first-order valence-electron chi connectivity index (χ1n) is 11.7. The second-order valence-electron chi connectivity index (χ2n) is 8.79. The Morgan fingerprint density at radius 2 is 1.24 bits per heavy atom. The van der Waals surface area contributed by atoms with Gasteiger partial charge in [-0.25, -0.2) is 0 Å². The van der Waals surface area contributed by atoms with E-state index in [4.69, 9.17) is 22.2 Å². The van der Waals surface area contributed by atoms with Crippen molar-refractivity contribution in [2.75, 3.05) is 41.3 Å². The molecule has 0 atom stereocenters. The van der Waals surface area contributed by atoms with Gasteiger partial charge in [-0.15, -0.1) is 0 Å². The summed E-state index contributed by atoms with van der Waals surface area (Å²) in [6.45, 7) is 4.34. The first kappa shape index (κ1) is 20.6. The van der Waals surface area contributed by atoms with Crippen LogP contribution >= 0.6 is 12.2 Å². The zero-order valence-electron chi connectivity index (χ0n) is 17.7. The predicted octanol–water partition coefficient (Wildman–Crippen LogP) is 4.47. The van der Waals surface area contributed by atoms with Crippen molar-refractivity contribution in [1.82, 2.24) is 15.3 Å². The molecule has 2 aliphatic heterocycles. The summed E-state index contributed by atoms with van der Waals surface area (Å²) in [5.41, 5.74) is 0. The molecule has 1 aromatic rings. The molecule has 0 amide bonds. The van der Waals surface area contributed by atoms with E-state index < -0.39 is 0 Å². The maximum atomic E-state index is 5.63. The summed E-state index contributed by atoms with van der Waals surface area (Å²) in [5, 5.41) is 7.50. The van der Waals surface area contributed by atoms with E-state index in [0.29, 0.717) is 17.1 Å². The molecule has 1 aromatic heterocycles. The zero-order chi connectivity index (χ0) is 19.9. The monoisotopic (exact) mass is 416 g/mol. The van der Waals surface area contributed by atoms with Crippen molar-refractivity contribution in [3.63, 3.8) is 0 Å². The lowest BCUT2D eigenvalue weighted by molar-refractivity contribution is 0.535. The van der Waals surface area contributed by atoms with Gasteiger partial charge in [0.05, 0.1) is 0 Å². The average molecular weight is 417 g/mol. The van der Waals surface area contributed by atoms with Crippen molar-refractivity contribution < 1.29 is 0 Å². The highest BCUT2D eigenvalue weighted by molar-refractivity contribution is 7.80. The lowest BCUT2D eigenvalue weighted by atomic mass is 10.1. The van der Waals surface area contributed by atoms with E-state index in [9.17, 15) is 0 Å². The lowest BCUT2D eigenvalue weighted by Gasteiger charge is -2.31. The summed E-state index contributed by atoms with van der Waals surface area (Å²) in [6, 6.07) is 2.66. The highest BCUT2D eigenvalue weighted by Gasteiger charge is 2.20. The van der Waals surface area contributed by atoms with Crippen LogP contribution in [-0.2, 0) is 0 Å². The van der Waals surface area contributed by atoms with Gasteiger partial charge in [0.1, 0.15) is 11.6 Å². The number of hydrogen-bond acceptors (Lipinski definition) is 5. The van der Waals surface area contributed by atoms with Gasteiger partial charge in [-0.05, 0) is 63.6 Å². The molecule has 2 saturated heterocycles. The van der Waals surface area contributed by atoms with E-state index in [1.807, 2.05) is 0 Å². The molecule has 3 heterocycles. The number of nitrogens with one attached hydrogen (secondary N) is 2. The van der Waals surface area contributed by atoms with Crippen LogP contribution < -0.4 is 20.4 Å². The molecule has 0 radical (unpaired) electrons. The molecule has 3 aliphatic rings. The molecule has 3 fully saturated rings. The van der Waals surface area contributed by atoms with Crippen LogP contribution in [0, 0.1) is 0 Å². The summed E-state index contributed by atoms with van der Waals surface area (Å²) >= 11 is 5.63. The summed E-state index contributed by atoms with van der Waals surface area (Å²) in [5.74, 6) is 2.72. The standard InChI is InChI=1S/C22H36N6S/c29-22(23-18-11-5-1-2-6-12-18)26-21-24-19(27-13-7-3-8-14-27)17-20(25-21)28-15-9-4-10-16-28/h17-18H,1-16H2,(H2,23,24,25,26,29). The Balaban J connectivity index is 1.48. The van der Waals surface area contributed by atoms with E-state index >= 15 is 0 Å². The van der Waals surface area contributed by atoms with Crippen LogP contribution in [0.25, 0.3) is 0 Å². The van der Waals surface area contributed by atoms with Crippen LogP contribution in [0.1, 0.15) is 77.0 Å². The topological polar surface area (TPSA) is 56.3 Å². The minimum absolute atomic E-state index is 0.476. The van der Waals surface area contributed by atoms with E-state index in [-0.39, 0.29) is 0 Å². The zero-order valence-corrected chi connectivity index (χ0v) is 18.5. The van der Waals surface area contributed by atoms with E-state index in [1.165, 1.54) is 77.0 Å². The van der Waals surface area contributed by atoms with E-state index in [0.717, 1.165) is 37.8 Å². The molecule has 7 heteroatoms. The first-order valence-corrected chi connectivity index (χ1v) is 12.2. The number of aromatic nitrogens is 2. The molecular weight excluding hydrogens is 380 g/mol. The van der Waals surface area contributed by atoms with Crippen molar-refractivity contribution in [3.05, 3.63) is 6.07 Å². The molecule has 29 heavy (non-hydrogen) atoms. The van der Waals surface area contributed by atoms with Crippen LogP contribution in [-0.4, -0.2) is 47.3 Å². The number of thiocarbonyl (C=S) groups is 1. The first-order chi connectivity index (χ1) is 14.3. The van der Waals surface area contributed by atoms with Gasteiger partial charge >= 0.3 is 0 Å². The SMILES string of the molecule is S=C(Nc1nc(N2CCCCC2)cc(N2CCCCC2)n1)NC1CCCCCC1. The van der Waals surface area contributed by atoms with Crippen molar-refractivity contribution in [3.8, 4) is 0 Å². The molecule has 1 aliphatic carbocycles. The predicted molar refractivity (Wildman–Crippen MR) is 125 cm³/mol. The Kier molecular flexibility index (Phi) is 7.41. The molecule has 160 valence electrons. The number of piperidine rings is 2.